The van der Waals surface area contributed by atoms with Crippen LogP contribution in [0.25, 0.3) is 10.9 Å². The van der Waals surface area contributed by atoms with Crippen LogP contribution in [0.3, 0.4) is 0 Å². The number of benzene rings is 1. The molecule has 1 atom stereocenters. The van der Waals surface area contributed by atoms with E-state index in [1.54, 1.807) is 36.5 Å². The molecule has 1 aliphatic heterocycles. The number of halogens is 1. The van der Waals surface area contributed by atoms with Gasteiger partial charge in [-0.3, -0.25) is 14.8 Å². The van der Waals surface area contributed by atoms with Gasteiger partial charge in [-0.2, -0.15) is 0 Å². The molecule has 0 saturated carbocycles. The van der Waals surface area contributed by atoms with Crippen LogP contribution in [0.1, 0.15) is 51.5 Å². The van der Waals surface area contributed by atoms with E-state index in [1.165, 1.54) is 23.2 Å². The number of carbonyl (C=O) groups is 1. The molecule has 1 aromatic carbocycles. The second-order valence-corrected chi connectivity index (χ2v) is 8.35. The summed E-state index contributed by atoms with van der Waals surface area (Å²) in [5.74, 6) is 2.18. The Bertz CT molecular complexity index is 1480. The van der Waals surface area contributed by atoms with Gasteiger partial charge in [0.05, 0.1) is 42.7 Å². The number of aromatic nitrogens is 3. The second kappa shape index (κ2) is 9.12. The van der Waals surface area contributed by atoms with E-state index >= 15 is 0 Å². The van der Waals surface area contributed by atoms with Crippen molar-refractivity contribution in [1.29, 1.82) is 0 Å². The molecule has 2 N–H and O–H groups in total. The van der Waals surface area contributed by atoms with Gasteiger partial charge in [0.1, 0.15) is 11.6 Å². The highest BCUT2D eigenvalue weighted by atomic mass is 19.1. The van der Waals surface area contributed by atoms with E-state index in [2.05, 4.69) is 20.9 Å². The molecule has 1 amide bonds. The molecule has 0 fully saturated rings. The molecule has 0 radical (unpaired) electrons. The van der Waals surface area contributed by atoms with E-state index in [0.29, 0.717) is 34.8 Å². The van der Waals surface area contributed by atoms with Crippen molar-refractivity contribution < 1.29 is 13.9 Å². The van der Waals surface area contributed by atoms with E-state index in [0.717, 1.165) is 16.5 Å². The number of rotatable bonds is 5. The van der Waals surface area contributed by atoms with Gasteiger partial charge < -0.3 is 15.4 Å². The van der Waals surface area contributed by atoms with Gasteiger partial charge in [0, 0.05) is 34.5 Å². The van der Waals surface area contributed by atoms with Crippen LogP contribution in [0.2, 0.25) is 0 Å². The predicted molar refractivity (Wildman–Crippen MR) is 129 cm³/mol. The molecule has 7 nitrogen and oxygen atoms in total. The van der Waals surface area contributed by atoms with Crippen LogP contribution < -0.4 is 5.73 Å². The summed E-state index contributed by atoms with van der Waals surface area (Å²) >= 11 is 0. The smallest absolute Gasteiger partial charge is 0.254 e. The SMILES string of the molecule is C#Cc1ccc(CN(Cc2ncccc2F)C(=O)c2ccc3nc(N)c4c(c3c2)COC4C)nc1. The molecular weight excluding hydrogens is 445 g/mol. The maximum atomic E-state index is 14.4. The third-order valence-corrected chi connectivity index (χ3v) is 6.10. The summed E-state index contributed by atoms with van der Waals surface area (Å²) in [4.78, 5) is 28.2. The molecule has 8 heteroatoms. The molecule has 3 aromatic heterocycles. The number of carbonyl (C=O) groups excluding carboxylic acids is 1. The molecule has 0 bridgehead atoms. The van der Waals surface area contributed by atoms with Crippen molar-refractivity contribution in [1.82, 2.24) is 19.9 Å². The Morgan fingerprint density at radius 3 is 2.86 bits per heavy atom. The number of nitrogens with zero attached hydrogens (tertiary/aromatic N) is 4. The number of pyridine rings is 3. The molecule has 0 saturated heterocycles. The maximum Gasteiger partial charge on any atom is 0.254 e. The molecule has 4 heterocycles. The molecule has 0 spiro atoms. The first-order chi connectivity index (χ1) is 16.9. The quantitative estimate of drug-likeness (QED) is 0.443. The number of amides is 1. The number of hydrogen-bond donors (Lipinski definition) is 1. The zero-order valence-corrected chi connectivity index (χ0v) is 19.0. The zero-order valence-electron chi connectivity index (χ0n) is 19.0. The van der Waals surface area contributed by atoms with Gasteiger partial charge in [-0.1, -0.05) is 5.92 Å². The summed E-state index contributed by atoms with van der Waals surface area (Å²) in [6.07, 6.45) is 8.32. The molecule has 4 aromatic rings. The number of anilines is 1. The van der Waals surface area contributed by atoms with E-state index in [-0.39, 0.29) is 30.8 Å². The Kier molecular flexibility index (Phi) is 5.85. The van der Waals surface area contributed by atoms with Gasteiger partial charge in [0.2, 0.25) is 0 Å². The van der Waals surface area contributed by atoms with Crippen LogP contribution in [0, 0.1) is 18.2 Å². The number of nitrogen functional groups attached to an aromatic ring is 1. The van der Waals surface area contributed by atoms with Gasteiger partial charge in [0.25, 0.3) is 5.91 Å². The molecule has 35 heavy (non-hydrogen) atoms. The van der Waals surface area contributed by atoms with Crippen molar-refractivity contribution in [3.05, 3.63) is 94.3 Å². The Morgan fingerprint density at radius 1 is 1.26 bits per heavy atom. The Morgan fingerprint density at radius 2 is 2.11 bits per heavy atom. The van der Waals surface area contributed by atoms with E-state index in [4.69, 9.17) is 16.9 Å². The minimum absolute atomic E-state index is 0.0274. The number of hydrogen-bond acceptors (Lipinski definition) is 6. The fraction of sp³-hybridized carbons (Fsp3) is 0.185. The number of terminal acetylenes is 1. The molecule has 0 aliphatic carbocycles. The van der Waals surface area contributed by atoms with Gasteiger partial charge >= 0.3 is 0 Å². The third-order valence-electron chi connectivity index (χ3n) is 6.10. The predicted octanol–water partition coefficient (Wildman–Crippen LogP) is 4.16. The lowest BCUT2D eigenvalue weighted by atomic mass is 10.00. The van der Waals surface area contributed by atoms with Crippen molar-refractivity contribution in [2.45, 2.75) is 32.7 Å². The lowest BCUT2D eigenvalue weighted by Gasteiger charge is -2.23. The van der Waals surface area contributed by atoms with Crippen molar-refractivity contribution >= 4 is 22.6 Å². The zero-order chi connectivity index (χ0) is 24.5. The third kappa shape index (κ3) is 4.29. The fourth-order valence-corrected chi connectivity index (χ4v) is 4.30. The first-order valence-electron chi connectivity index (χ1n) is 11.1. The first-order valence-corrected chi connectivity index (χ1v) is 11.1. The minimum Gasteiger partial charge on any atom is -0.383 e. The average molecular weight is 468 g/mol. The van der Waals surface area contributed by atoms with Crippen molar-refractivity contribution in [2.24, 2.45) is 0 Å². The Hall–Kier alpha value is -4.35. The highest BCUT2D eigenvalue weighted by Gasteiger charge is 2.27. The van der Waals surface area contributed by atoms with E-state index in [9.17, 15) is 9.18 Å². The molecule has 5 rings (SSSR count). The number of ether oxygens (including phenoxy) is 1. The number of nitrogens with two attached hydrogens (primary N) is 1. The van der Waals surface area contributed by atoms with Gasteiger partial charge in [-0.15, -0.1) is 6.42 Å². The number of fused-ring (bicyclic) bond motifs is 3. The lowest BCUT2D eigenvalue weighted by molar-refractivity contribution is 0.0723. The Labute approximate surface area is 201 Å². The first kappa shape index (κ1) is 22.4. The van der Waals surface area contributed by atoms with Crippen LogP contribution >= 0.6 is 0 Å². The minimum atomic E-state index is -0.483. The van der Waals surface area contributed by atoms with E-state index < -0.39 is 5.82 Å². The van der Waals surface area contributed by atoms with Crippen molar-refractivity contribution in [2.75, 3.05) is 5.73 Å². The van der Waals surface area contributed by atoms with Crippen LogP contribution in [0.5, 0.6) is 0 Å². The van der Waals surface area contributed by atoms with Crippen LogP contribution in [0.15, 0.2) is 54.9 Å². The van der Waals surface area contributed by atoms with Crippen LogP contribution in [0.4, 0.5) is 10.2 Å². The fourth-order valence-electron chi connectivity index (χ4n) is 4.30. The van der Waals surface area contributed by atoms with E-state index in [1.807, 2.05) is 6.92 Å². The molecular formula is C27H22FN5O2. The Balaban J connectivity index is 1.53. The normalized spacial score (nSPS) is 14.5. The summed E-state index contributed by atoms with van der Waals surface area (Å²) in [5, 5.41) is 0.810. The highest BCUT2D eigenvalue weighted by molar-refractivity contribution is 5.99. The van der Waals surface area contributed by atoms with Gasteiger partial charge in [0.15, 0.2) is 0 Å². The second-order valence-electron chi connectivity index (χ2n) is 8.35. The standard InChI is InChI=1S/C27H22FN5O2/c1-3-17-6-8-19(31-12-17)13-33(14-24-22(28)5-4-10-30-24)27(34)18-7-9-23-20(11-18)21-15-35-16(2)25(21)26(29)32-23/h1,4-12,16H,13-15H2,2H3,(H2,29,32). The maximum absolute atomic E-state index is 14.4. The molecule has 174 valence electrons. The van der Waals surface area contributed by atoms with Crippen LogP contribution in [-0.2, 0) is 24.4 Å². The summed E-state index contributed by atoms with van der Waals surface area (Å²) in [5.41, 5.74) is 10.5. The van der Waals surface area contributed by atoms with Crippen molar-refractivity contribution in [3.63, 3.8) is 0 Å². The van der Waals surface area contributed by atoms with Gasteiger partial charge in [-0.25, -0.2) is 9.37 Å². The topological polar surface area (TPSA) is 94.2 Å². The molecule has 1 unspecified atom stereocenters. The van der Waals surface area contributed by atoms with Gasteiger partial charge in [-0.05, 0) is 55.0 Å². The lowest BCUT2D eigenvalue weighted by Crippen LogP contribution is -2.31. The summed E-state index contributed by atoms with van der Waals surface area (Å²) < 4.78 is 20.2. The summed E-state index contributed by atoms with van der Waals surface area (Å²) in [6.45, 7) is 2.44. The summed E-state index contributed by atoms with van der Waals surface area (Å²) in [7, 11) is 0. The largest absolute Gasteiger partial charge is 0.383 e. The monoisotopic (exact) mass is 467 g/mol. The van der Waals surface area contributed by atoms with Crippen LogP contribution in [-0.4, -0.2) is 25.8 Å². The highest BCUT2D eigenvalue weighted by Crippen LogP contribution is 2.38. The summed E-state index contributed by atoms with van der Waals surface area (Å²) in [6, 6.07) is 11.6. The molecule has 1 aliphatic rings. The average Bonchev–Trinajstić information content (AvgIpc) is 3.27. The van der Waals surface area contributed by atoms with Crippen molar-refractivity contribution in [3.8, 4) is 12.3 Å².